The second-order valence-electron chi connectivity index (χ2n) is 3.50. The van der Waals surface area contributed by atoms with Crippen molar-refractivity contribution in [1.29, 1.82) is 0 Å². The van der Waals surface area contributed by atoms with Crippen molar-refractivity contribution in [3.63, 3.8) is 0 Å². The van der Waals surface area contributed by atoms with Crippen molar-refractivity contribution < 1.29 is 31.9 Å². The van der Waals surface area contributed by atoms with Gasteiger partial charge in [0.05, 0.1) is 12.5 Å². The van der Waals surface area contributed by atoms with Crippen LogP contribution in [0.1, 0.15) is 12.7 Å². The van der Waals surface area contributed by atoms with E-state index in [1.165, 1.54) is 0 Å². The normalized spacial score (nSPS) is 14.6. The molecular formula is C7H7F5N4O2. The summed E-state index contributed by atoms with van der Waals surface area (Å²) in [6.45, 7) is 0.433. The van der Waals surface area contributed by atoms with Gasteiger partial charge >= 0.3 is 18.1 Å². The van der Waals surface area contributed by atoms with Gasteiger partial charge in [0.2, 0.25) is 5.82 Å². The van der Waals surface area contributed by atoms with E-state index < -0.39 is 36.4 Å². The van der Waals surface area contributed by atoms with E-state index in [2.05, 4.69) is 15.5 Å². The first-order chi connectivity index (χ1) is 8.07. The zero-order valence-electron chi connectivity index (χ0n) is 8.82. The lowest BCUT2D eigenvalue weighted by atomic mass is 10.2. The first kappa shape index (κ1) is 14.3. The van der Waals surface area contributed by atoms with Crippen LogP contribution in [0.3, 0.4) is 0 Å². The van der Waals surface area contributed by atoms with Gasteiger partial charge in [-0.05, 0) is 10.4 Å². The Hall–Kier alpha value is -1.81. The van der Waals surface area contributed by atoms with E-state index in [1.807, 2.05) is 0 Å². The number of carboxylic acids is 1. The number of alkyl halides is 5. The van der Waals surface area contributed by atoms with E-state index in [4.69, 9.17) is 5.11 Å². The molecule has 1 unspecified atom stereocenters. The van der Waals surface area contributed by atoms with Gasteiger partial charge in [0.1, 0.15) is 0 Å². The van der Waals surface area contributed by atoms with Crippen molar-refractivity contribution in [2.24, 2.45) is 5.92 Å². The van der Waals surface area contributed by atoms with Crippen molar-refractivity contribution in [3.8, 4) is 0 Å². The Morgan fingerprint density at radius 3 is 2.39 bits per heavy atom. The fourth-order valence-electron chi connectivity index (χ4n) is 1.02. The Bertz CT molecular complexity index is 443. The van der Waals surface area contributed by atoms with Crippen LogP contribution >= 0.6 is 0 Å². The summed E-state index contributed by atoms with van der Waals surface area (Å²) in [6, 6.07) is 0. The first-order valence-corrected chi connectivity index (χ1v) is 4.51. The largest absolute Gasteiger partial charge is 0.481 e. The molecule has 1 rings (SSSR count). The number of tetrazole rings is 1. The van der Waals surface area contributed by atoms with Crippen LogP contribution in [0.2, 0.25) is 0 Å². The predicted molar refractivity (Wildman–Crippen MR) is 44.6 cm³/mol. The molecule has 1 aromatic heterocycles. The molecule has 0 saturated heterocycles. The maximum absolute atomic E-state index is 13.0. The van der Waals surface area contributed by atoms with Crippen LogP contribution in [0.15, 0.2) is 0 Å². The number of hydrogen-bond acceptors (Lipinski definition) is 4. The van der Waals surface area contributed by atoms with E-state index >= 15 is 0 Å². The highest BCUT2D eigenvalue weighted by molar-refractivity contribution is 5.69. The zero-order chi connectivity index (χ0) is 14.1. The topological polar surface area (TPSA) is 80.9 Å². The van der Waals surface area contributed by atoms with Gasteiger partial charge in [0.25, 0.3) is 0 Å². The Morgan fingerprint density at radius 2 is 1.94 bits per heavy atom. The van der Waals surface area contributed by atoms with Gasteiger partial charge in [-0.3, -0.25) is 4.79 Å². The van der Waals surface area contributed by atoms with Crippen LogP contribution < -0.4 is 0 Å². The van der Waals surface area contributed by atoms with Crippen molar-refractivity contribution in [3.05, 3.63) is 5.82 Å². The number of hydrogen-bond donors (Lipinski definition) is 1. The average molecular weight is 274 g/mol. The van der Waals surface area contributed by atoms with Gasteiger partial charge < -0.3 is 5.11 Å². The lowest BCUT2D eigenvalue weighted by molar-refractivity contribution is -0.293. The van der Waals surface area contributed by atoms with E-state index in [-0.39, 0.29) is 4.68 Å². The summed E-state index contributed by atoms with van der Waals surface area (Å²) in [5, 5.41) is 16.8. The van der Waals surface area contributed by atoms with Crippen LogP contribution in [-0.2, 0) is 17.3 Å². The van der Waals surface area contributed by atoms with Gasteiger partial charge in [-0.1, -0.05) is 6.92 Å². The third-order valence-electron chi connectivity index (χ3n) is 2.04. The van der Waals surface area contributed by atoms with E-state index in [0.717, 1.165) is 6.92 Å². The standard InChI is InChI=1S/C7H7F5N4O2/c1-3(4(17)18)2-16-5(13-14-15-16)6(8,9)7(10,11)12/h3H,2H2,1H3,(H,17,18). The number of aliphatic carboxylic acids is 1. The number of aromatic nitrogens is 4. The van der Waals surface area contributed by atoms with Crippen molar-refractivity contribution in [1.82, 2.24) is 20.2 Å². The summed E-state index contributed by atoms with van der Waals surface area (Å²) in [4.78, 5) is 10.5. The fourth-order valence-corrected chi connectivity index (χ4v) is 1.02. The number of nitrogens with zero attached hydrogens (tertiary/aromatic N) is 4. The molecule has 0 fully saturated rings. The molecule has 18 heavy (non-hydrogen) atoms. The average Bonchev–Trinajstić information content (AvgIpc) is 2.64. The molecule has 0 spiro atoms. The summed E-state index contributed by atoms with van der Waals surface area (Å²) < 4.78 is 62.4. The third kappa shape index (κ3) is 2.54. The maximum atomic E-state index is 13.0. The summed E-state index contributed by atoms with van der Waals surface area (Å²) in [7, 11) is 0. The van der Waals surface area contributed by atoms with Gasteiger partial charge in [-0.15, -0.1) is 5.10 Å². The van der Waals surface area contributed by atoms with Crippen molar-refractivity contribution >= 4 is 5.97 Å². The monoisotopic (exact) mass is 274 g/mol. The number of halogens is 5. The number of rotatable bonds is 4. The van der Waals surface area contributed by atoms with E-state index in [0.29, 0.717) is 0 Å². The Kier molecular flexibility index (Phi) is 3.53. The third-order valence-corrected chi connectivity index (χ3v) is 2.04. The summed E-state index contributed by atoms with van der Waals surface area (Å²) in [6.07, 6.45) is -5.86. The Balaban J connectivity index is 3.07. The minimum Gasteiger partial charge on any atom is -0.481 e. The quantitative estimate of drug-likeness (QED) is 0.830. The number of carbonyl (C=O) groups is 1. The van der Waals surface area contributed by atoms with Gasteiger partial charge in [-0.25, -0.2) is 4.68 Å². The summed E-state index contributed by atoms with van der Waals surface area (Å²) in [5.74, 6) is -9.56. The predicted octanol–water partition coefficient (Wildman–Crippen LogP) is 1.05. The van der Waals surface area contributed by atoms with Crippen molar-refractivity contribution in [2.45, 2.75) is 25.6 Å². The van der Waals surface area contributed by atoms with Crippen LogP contribution in [0.5, 0.6) is 0 Å². The van der Waals surface area contributed by atoms with E-state index in [9.17, 15) is 26.7 Å². The Labute approximate surface area is 96.4 Å². The van der Waals surface area contributed by atoms with Crippen molar-refractivity contribution in [2.75, 3.05) is 0 Å². The molecular weight excluding hydrogens is 267 g/mol. The van der Waals surface area contributed by atoms with Crippen LogP contribution in [0.25, 0.3) is 0 Å². The molecule has 1 aromatic rings. The molecule has 0 aliphatic rings. The molecule has 1 atom stereocenters. The SMILES string of the molecule is CC(Cn1nnnc1C(F)(F)C(F)(F)F)C(=O)O. The highest BCUT2D eigenvalue weighted by atomic mass is 19.4. The molecule has 0 amide bonds. The zero-order valence-corrected chi connectivity index (χ0v) is 8.82. The molecule has 0 aliphatic carbocycles. The summed E-state index contributed by atoms with van der Waals surface area (Å²) in [5.41, 5.74) is 0. The molecule has 0 bridgehead atoms. The molecule has 0 aliphatic heterocycles. The highest BCUT2D eigenvalue weighted by Crippen LogP contribution is 2.42. The van der Waals surface area contributed by atoms with Crippen LogP contribution in [0, 0.1) is 5.92 Å². The van der Waals surface area contributed by atoms with Crippen LogP contribution in [-0.4, -0.2) is 37.5 Å². The first-order valence-electron chi connectivity index (χ1n) is 4.51. The second-order valence-corrected chi connectivity index (χ2v) is 3.50. The highest BCUT2D eigenvalue weighted by Gasteiger charge is 2.62. The van der Waals surface area contributed by atoms with Gasteiger partial charge in [0.15, 0.2) is 0 Å². The Morgan fingerprint density at radius 1 is 1.39 bits per heavy atom. The minimum absolute atomic E-state index is 0.131. The van der Waals surface area contributed by atoms with Crippen LogP contribution in [0.4, 0.5) is 22.0 Å². The number of carboxylic acid groups (broad SMARTS) is 1. The minimum atomic E-state index is -5.86. The summed E-state index contributed by atoms with van der Waals surface area (Å²) >= 11 is 0. The molecule has 1 N–H and O–H groups in total. The molecule has 0 radical (unpaired) electrons. The molecule has 0 saturated carbocycles. The fraction of sp³-hybridized carbons (Fsp3) is 0.714. The maximum Gasteiger partial charge on any atom is 0.461 e. The van der Waals surface area contributed by atoms with Gasteiger partial charge in [0, 0.05) is 0 Å². The lowest BCUT2D eigenvalue weighted by Gasteiger charge is -2.18. The lowest BCUT2D eigenvalue weighted by Crippen LogP contribution is -2.37. The molecule has 6 nitrogen and oxygen atoms in total. The molecule has 1 heterocycles. The molecule has 0 aromatic carbocycles. The molecule has 11 heteroatoms. The smallest absolute Gasteiger partial charge is 0.461 e. The molecule has 102 valence electrons. The second kappa shape index (κ2) is 4.46. The van der Waals surface area contributed by atoms with E-state index in [1.54, 1.807) is 0 Å². The van der Waals surface area contributed by atoms with Gasteiger partial charge in [-0.2, -0.15) is 22.0 Å².